The molecule has 0 radical (unpaired) electrons. The lowest BCUT2D eigenvalue weighted by molar-refractivity contribution is -0.384. The van der Waals surface area contributed by atoms with Crippen molar-refractivity contribution in [2.75, 3.05) is 10.5 Å². The van der Waals surface area contributed by atoms with E-state index < -0.39 is 28.4 Å². The van der Waals surface area contributed by atoms with Crippen molar-refractivity contribution >= 4 is 28.4 Å². The second kappa shape index (κ2) is 7.16. The van der Waals surface area contributed by atoms with E-state index in [1.807, 2.05) is 0 Å². The Hall–Kier alpha value is -2.66. The third-order valence-electron chi connectivity index (χ3n) is 3.87. The number of anilines is 2. The van der Waals surface area contributed by atoms with E-state index in [0.29, 0.717) is 5.56 Å². The third-order valence-corrected chi connectivity index (χ3v) is 5.05. The van der Waals surface area contributed by atoms with E-state index in [-0.39, 0.29) is 27.9 Å². The van der Waals surface area contributed by atoms with Crippen molar-refractivity contribution in [2.24, 2.45) is 0 Å². The van der Waals surface area contributed by atoms with Crippen LogP contribution in [0.15, 0.2) is 41.3 Å². The monoisotopic (exact) mass is 401 g/mol. The smallest absolute Gasteiger partial charge is 0.573 e. The van der Waals surface area contributed by atoms with E-state index in [0.717, 1.165) is 25.0 Å². The minimum atomic E-state index is -4.81. The Morgan fingerprint density at radius 3 is 2.37 bits per heavy atom. The maximum absolute atomic E-state index is 12.7. The summed E-state index contributed by atoms with van der Waals surface area (Å²) >= 11 is -1.86. The topological polar surface area (TPSA) is 113 Å². The Morgan fingerprint density at radius 1 is 1.22 bits per heavy atom. The second-order valence-electron chi connectivity index (χ2n) is 5.92. The number of ether oxygens (including phenoxy) is 1. The van der Waals surface area contributed by atoms with Gasteiger partial charge in [-0.15, -0.1) is 13.2 Å². The number of nitrogens with zero attached hydrogens (tertiary/aromatic N) is 1. The summed E-state index contributed by atoms with van der Waals surface area (Å²) in [5.41, 5.74) is 6.29. The normalized spacial score (nSPS) is 15.3. The first-order valence-corrected chi connectivity index (χ1v) is 8.91. The van der Waals surface area contributed by atoms with Crippen molar-refractivity contribution in [2.45, 2.75) is 30.0 Å². The lowest BCUT2D eigenvalue weighted by Crippen LogP contribution is -2.17. The molecule has 0 aromatic heterocycles. The minimum absolute atomic E-state index is 0.00342. The molecule has 1 fully saturated rings. The highest BCUT2D eigenvalue weighted by Gasteiger charge is 2.34. The van der Waals surface area contributed by atoms with Crippen LogP contribution in [0.4, 0.5) is 30.2 Å². The number of nitro benzene ring substituents is 1. The molecule has 0 bridgehead atoms. The van der Waals surface area contributed by atoms with Gasteiger partial charge >= 0.3 is 6.36 Å². The van der Waals surface area contributed by atoms with Crippen molar-refractivity contribution in [3.63, 3.8) is 0 Å². The zero-order chi connectivity index (χ0) is 19.8. The van der Waals surface area contributed by atoms with Crippen LogP contribution >= 0.6 is 0 Å². The summed E-state index contributed by atoms with van der Waals surface area (Å²) in [5.74, 6) is -0.281. The van der Waals surface area contributed by atoms with Crippen LogP contribution in [0.1, 0.15) is 24.3 Å². The van der Waals surface area contributed by atoms with E-state index in [9.17, 15) is 27.8 Å². The molecule has 0 amide bonds. The largest absolute Gasteiger partial charge is 0.588 e. The van der Waals surface area contributed by atoms with Crippen LogP contribution in [0.2, 0.25) is 0 Å². The predicted molar refractivity (Wildman–Crippen MR) is 92.6 cm³/mol. The Kier molecular flexibility index (Phi) is 5.07. The zero-order valence-electron chi connectivity index (χ0n) is 13.7. The van der Waals surface area contributed by atoms with Crippen molar-refractivity contribution in [1.82, 2.24) is 0 Å². The van der Waals surface area contributed by atoms with Crippen LogP contribution in [0.3, 0.4) is 0 Å². The molecule has 1 atom stereocenters. The van der Waals surface area contributed by atoms with Crippen molar-refractivity contribution in [3.05, 3.63) is 52.1 Å². The van der Waals surface area contributed by atoms with E-state index in [2.05, 4.69) is 9.46 Å². The van der Waals surface area contributed by atoms with Gasteiger partial charge in [-0.05, 0) is 49.1 Å². The van der Waals surface area contributed by atoms with Gasteiger partial charge < -0.3 is 15.0 Å². The summed E-state index contributed by atoms with van der Waals surface area (Å²) in [6.45, 7) is 0. The van der Waals surface area contributed by atoms with Gasteiger partial charge in [-0.1, -0.05) is 0 Å². The molecule has 1 aliphatic rings. The Balaban J connectivity index is 1.82. The van der Waals surface area contributed by atoms with E-state index in [4.69, 9.17) is 5.73 Å². The van der Waals surface area contributed by atoms with Gasteiger partial charge in [0.05, 0.1) is 16.7 Å². The molecule has 144 valence electrons. The SMILES string of the molecule is Nc1cc(C2CC2)c([S+]([O-])Nc2ccc(OC(F)(F)F)cc2)cc1[N+](=O)[O-]. The second-order valence-corrected chi connectivity index (χ2v) is 7.10. The molecule has 0 heterocycles. The number of benzene rings is 2. The number of nitrogens with two attached hydrogens (primary N) is 1. The molecular weight excluding hydrogens is 387 g/mol. The molecule has 11 heteroatoms. The molecule has 27 heavy (non-hydrogen) atoms. The summed E-state index contributed by atoms with van der Waals surface area (Å²) in [7, 11) is 0. The van der Waals surface area contributed by atoms with Crippen LogP contribution in [0.5, 0.6) is 5.75 Å². The molecule has 3 rings (SSSR count). The van der Waals surface area contributed by atoms with E-state index in [1.165, 1.54) is 24.3 Å². The van der Waals surface area contributed by atoms with E-state index >= 15 is 0 Å². The maximum atomic E-state index is 12.7. The van der Waals surface area contributed by atoms with Gasteiger partial charge in [-0.2, -0.15) is 0 Å². The van der Waals surface area contributed by atoms with Crippen molar-refractivity contribution in [3.8, 4) is 5.75 Å². The first-order chi connectivity index (χ1) is 12.6. The predicted octanol–water partition coefficient (Wildman–Crippen LogP) is 4.09. The van der Waals surface area contributed by atoms with Gasteiger partial charge in [0.15, 0.2) is 4.90 Å². The van der Waals surface area contributed by atoms with Crippen LogP contribution in [-0.2, 0) is 11.4 Å². The van der Waals surface area contributed by atoms with Crippen LogP contribution in [-0.4, -0.2) is 15.8 Å². The average molecular weight is 401 g/mol. The van der Waals surface area contributed by atoms with E-state index in [1.54, 1.807) is 0 Å². The Bertz CT molecular complexity index is 857. The summed E-state index contributed by atoms with van der Waals surface area (Å²) in [6, 6.07) is 7.31. The maximum Gasteiger partial charge on any atom is 0.573 e. The van der Waals surface area contributed by atoms with Gasteiger partial charge in [0.25, 0.3) is 5.69 Å². The number of halogens is 3. The van der Waals surface area contributed by atoms with Gasteiger partial charge in [0, 0.05) is 5.56 Å². The van der Waals surface area contributed by atoms with Gasteiger partial charge in [-0.3, -0.25) is 10.1 Å². The summed E-state index contributed by atoms with van der Waals surface area (Å²) < 4.78 is 55.6. The van der Waals surface area contributed by atoms with Gasteiger partial charge in [0.1, 0.15) is 22.8 Å². The highest BCUT2D eigenvalue weighted by atomic mass is 32.2. The molecule has 1 saturated carbocycles. The van der Waals surface area contributed by atoms with Crippen molar-refractivity contribution in [1.29, 1.82) is 0 Å². The number of hydrogen-bond donors (Lipinski definition) is 2. The van der Waals surface area contributed by atoms with Crippen LogP contribution in [0, 0.1) is 10.1 Å². The number of alkyl halides is 3. The first-order valence-electron chi connectivity index (χ1n) is 7.76. The molecule has 7 nitrogen and oxygen atoms in total. The Labute approximate surface area is 154 Å². The Morgan fingerprint density at radius 2 is 1.85 bits per heavy atom. The van der Waals surface area contributed by atoms with Crippen LogP contribution < -0.4 is 15.2 Å². The highest BCUT2D eigenvalue weighted by molar-refractivity contribution is 7.92. The number of rotatable bonds is 6. The molecule has 0 spiro atoms. The first kappa shape index (κ1) is 19.1. The highest BCUT2D eigenvalue weighted by Crippen LogP contribution is 2.45. The van der Waals surface area contributed by atoms with Crippen molar-refractivity contribution < 1.29 is 27.4 Å². The minimum Gasteiger partial charge on any atom is -0.588 e. The summed E-state index contributed by atoms with van der Waals surface area (Å²) in [4.78, 5) is 10.7. The molecule has 2 aromatic rings. The van der Waals surface area contributed by atoms with Gasteiger partial charge in [-0.25, -0.2) is 4.72 Å². The standard InChI is InChI=1S/C16H14F3N3O4S/c17-16(18,19)26-11-5-3-10(4-6-11)21-27(25)15-8-14(22(23)24)13(20)7-12(15)9-1-2-9/h3-9,21H,1-2,20H2. The lowest BCUT2D eigenvalue weighted by Gasteiger charge is -2.15. The lowest BCUT2D eigenvalue weighted by atomic mass is 10.1. The fourth-order valence-corrected chi connectivity index (χ4v) is 3.64. The summed E-state index contributed by atoms with van der Waals surface area (Å²) in [5, 5.41) is 11.1. The number of nitro groups is 1. The fraction of sp³-hybridized carbons (Fsp3) is 0.250. The molecule has 3 N–H and O–H groups in total. The molecule has 1 unspecified atom stereocenters. The quantitative estimate of drug-likeness (QED) is 0.326. The zero-order valence-corrected chi connectivity index (χ0v) is 14.5. The number of nitrogen functional groups attached to an aromatic ring is 1. The van der Waals surface area contributed by atoms with Gasteiger partial charge in [0.2, 0.25) is 0 Å². The number of hydrogen-bond acceptors (Lipinski definition) is 6. The third kappa shape index (κ3) is 4.74. The summed E-state index contributed by atoms with van der Waals surface area (Å²) in [6.07, 6.45) is -3.07. The number of nitrogens with one attached hydrogen (secondary N) is 1. The van der Waals surface area contributed by atoms with Crippen LogP contribution in [0.25, 0.3) is 0 Å². The molecule has 2 aromatic carbocycles. The molecular formula is C16H14F3N3O4S. The molecule has 1 aliphatic carbocycles. The molecule has 0 saturated heterocycles. The molecule has 0 aliphatic heterocycles. The fourth-order valence-electron chi connectivity index (χ4n) is 2.52. The average Bonchev–Trinajstić information content (AvgIpc) is 3.39.